The van der Waals surface area contributed by atoms with E-state index in [9.17, 15) is 0 Å². The fourth-order valence-electron chi connectivity index (χ4n) is 3.17. The van der Waals surface area contributed by atoms with Crippen LogP contribution in [0.5, 0.6) is 0 Å². The molecule has 0 aliphatic heterocycles. The van der Waals surface area contributed by atoms with Crippen molar-refractivity contribution in [2.24, 2.45) is 0 Å². The standard InChI is InChI=1S/C22H42O/c1-2-3-4-5-6-7-8-9-10-11-12-13-14-15-16-17-18-19-20-21-22-23/h1,23H,3-22H2. The molecule has 0 aromatic heterocycles. The molecule has 0 heterocycles. The van der Waals surface area contributed by atoms with Crippen LogP contribution >= 0.6 is 0 Å². The molecule has 0 aromatic carbocycles. The quantitative estimate of drug-likeness (QED) is 0.200. The second kappa shape index (κ2) is 21.5. The maximum absolute atomic E-state index is 8.70. The molecule has 0 aromatic rings. The number of terminal acetylenes is 1. The van der Waals surface area contributed by atoms with E-state index in [1.54, 1.807) is 0 Å². The molecular formula is C22H42O. The monoisotopic (exact) mass is 322 g/mol. The van der Waals surface area contributed by atoms with Crippen molar-refractivity contribution in [3.05, 3.63) is 0 Å². The molecule has 1 N–H and O–H groups in total. The van der Waals surface area contributed by atoms with Gasteiger partial charge in [0.05, 0.1) is 0 Å². The number of hydrogen-bond acceptors (Lipinski definition) is 1. The number of rotatable bonds is 19. The zero-order valence-electron chi connectivity index (χ0n) is 15.7. The Bertz CT molecular complexity index is 241. The van der Waals surface area contributed by atoms with Crippen molar-refractivity contribution in [1.82, 2.24) is 0 Å². The molecule has 0 spiro atoms. The average molecular weight is 323 g/mol. The molecule has 0 unspecified atom stereocenters. The first-order valence-electron chi connectivity index (χ1n) is 10.5. The van der Waals surface area contributed by atoms with E-state index in [4.69, 9.17) is 11.5 Å². The summed E-state index contributed by atoms with van der Waals surface area (Å²) in [6.45, 7) is 0.368. The van der Waals surface area contributed by atoms with Crippen LogP contribution in [0.4, 0.5) is 0 Å². The Morgan fingerprint density at radius 3 is 0.957 bits per heavy atom. The smallest absolute Gasteiger partial charge is 0.0431 e. The Hall–Kier alpha value is -0.480. The van der Waals surface area contributed by atoms with E-state index in [2.05, 4.69) is 5.92 Å². The lowest BCUT2D eigenvalue weighted by molar-refractivity contribution is 0.282. The maximum atomic E-state index is 8.70. The molecule has 0 atom stereocenters. The van der Waals surface area contributed by atoms with Crippen molar-refractivity contribution < 1.29 is 5.11 Å². The second-order valence-electron chi connectivity index (χ2n) is 7.04. The van der Waals surface area contributed by atoms with E-state index in [0.29, 0.717) is 6.61 Å². The minimum atomic E-state index is 0.368. The topological polar surface area (TPSA) is 20.2 Å². The molecule has 0 radical (unpaired) electrons. The molecule has 0 saturated carbocycles. The number of aliphatic hydroxyl groups is 1. The number of aliphatic hydroxyl groups excluding tert-OH is 1. The fourth-order valence-corrected chi connectivity index (χ4v) is 3.17. The van der Waals surface area contributed by atoms with Crippen molar-refractivity contribution >= 4 is 0 Å². The van der Waals surface area contributed by atoms with Gasteiger partial charge in [0.2, 0.25) is 0 Å². The molecule has 0 amide bonds. The van der Waals surface area contributed by atoms with Gasteiger partial charge in [-0.15, -0.1) is 12.3 Å². The molecular weight excluding hydrogens is 280 g/mol. The first kappa shape index (κ1) is 22.5. The van der Waals surface area contributed by atoms with Crippen molar-refractivity contribution in [1.29, 1.82) is 0 Å². The molecule has 0 aliphatic carbocycles. The van der Waals surface area contributed by atoms with Gasteiger partial charge in [0.1, 0.15) is 0 Å². The minimum Gasteiger partial charge on any atom is -0.396 e. The van der Waals surface area contributed by atoms with Gasteiger partial charge in [-0.3, -0.25) is 0 Å². The van der Waals surface area contributed by atoms with Crippen LogP contribution in [0.25, 0.3) is 0 Å². The van der Waals surface area contributed by atoms with Crippen molar-refractivity contribution in [2.75, 3.05) is 6.61 Å². The summed E-state index contributed by atoms with van der Waals surface area (Å²) in [4.78, 5) is 0. The van der Waals surface area contributed by atoms with Gasteiger partial charge in [-0.1, -0.05) is 103 Å². The maximum Gasteiger partial charge on any atom is 0.0431 e. The Kier molecular flexibility index (Phi) is 21.1. The fraction of sp³-hybridized carbons (Fsp3) is 0.909. The highest BCUT2D eigenvalue weighted by atomic mass is 16.2. The first-order chi connectivity index (χ1) is 11.4. The summed E-state index contributed by atoms with van der Waals surface area (Å²) < 4.78 is 0. The van der Waals surface area contributed by atoms with Crippen LogP contribution < -0.4 is 0 Å². The normalized spacial score (nSPS) is 10.8. The highest BCUT2D eigenvalue weighted by Crippen LogP contribution is 2.14. The van der Waals surface area contributed by atoms with E-state index < -0.39 is 0 Å². The molecule has 0 fully saturated rings. The first-order valence-corrected chi connectivity index (χ1v) is 10.5. The van der Waals surface area contributed by atoms with Crippen molar-refractivity contribution in [3.8, 4) is 12.3 Å². The third-order valence-electron chi connectivity index (χ3n) is 4.73. The minimum absolute atomic E-state index is 0.368. The Labute approximate surface area is 146 Å². The molecule has 1 nitrogen and oxygen atoms in total. The predicted molar refractivity (Wildman–Crippen MR) is 104 cm³/mol. The SMILES string of the molecule is C#CCCCCCCCCCCCCCCCCCCCCO. The third kappa shape index (κ3) is 21.5. The Morgan fingerprint density at radius 2 is 0.696 bits per heavy atom. The van der Waals surface area contributed by atoms with Crippen LogP contribution in [0.2, 0.25) is 0 Å². The van der Waals surface area contributed by atoms with E-state index in [1.165, 1.54) is 109 Å². The average Bonchev–Trinajstić information content (AvgIpc) is 2.57. The zero-order valence-corrected chi connectivity index (χ0v) is 15.7. The summed E-state index contributed by atoms with van der Waals surface area (Å²) in [5, 5.41) is 8.70. The van der Waals surface area contributed by atoms with Gasteiger partial charge in [0, 0.05) is 13.0 Å². The number of hydrogen-bond donors (Lipinski definition) is 1. The van der Waals surface area contributed by atoms with Gasteiger partial charge in [-0.05, 0) is 12.8 Å². The predicted octanol–water partition coefficient (Wildman–Crippen LogP) is 7.02. The van der Waals surface area contributed by atoms with Gasteiger partial charge in [-0.25, -0.2) is 0 Å². The van der Waals surface area contributed by atoms with E-state index in [0.717, 1.165) is 12.8 Å². The van der Waals surface area contributed by atoms with E-state index in [-0.39, 0.29) is 0 Å². The summed E-state index contributed by atoms with van der Waals surface area (Å²) in [5.41, 5.74) is 0. The van der Waals surface area contributed by atoms with Crippen LogP contribution in [-0.4, -0.2) is 11.7 Å². The second-order valence-corrected chi connectivity index (χ2v) is 7.04. The molecule has 0 aliphatic rings. The van der Waals surface area contributed by atoms with Gasteiger partial charge in [-0.2, -0.15) is 0 Å². The summed E-state index contributed by atoms with van der Waals surface area (Å²) in [5.74, 6) is 2.72. The van der Waals surface area contributed by atoms with Crippen LogP contribution in [0.3, 0.4) is 0 Å². The van der Waals surface area contributed by atoms with Crippen LogP contribution in [0.15, 0.2) is 0 Å². The van der Waals surface area contributed by atoms with Crippen LogP contribution in [0.1, 0.15) is 122 Å². The van der Waals surface area contributed by atoms with Crippen molar-refractivity contribution in [2.45, 2.75) is 122 Å². The summed E-state index contributed by atoms with van der Waals surface area (Å²) in [7, 11) is 0. The van der Waals surface area contributed by atoms with E-state index in [1.807, 2.05) is 0 Å². The highest BCUT2D eigenvalue weighted by Gasteiger charge is 1.95. The molecule has 136 valence electrons. The van der Waals surface area contributed by atoms with Crippen molar-refractivity contribution in [3.63, 3.8) is 0 Å². The summed E-state index contributed by atoms with van der Waals surface area (Å²) >= 11 is 0. The van der Waals surface area contributed by atoms with Gasteiger partial charge in [0.25, 0.3) is 0 Å². The highest BCUT2D eigenvalue weighted by molar-refractivity contribution is 4.82. The van der Waals surface area contributed by atoms with Gasteiger partial charge in [0.15, 0.2) is 0 Å². The lowest BCUT2D eigenvalue weighted by atomic mass is 10.0. The van der Waals surface area contributed by atoms with Gasteiger partial charge < -0.3 is 5.11 Å². The number of unbranched alkanes of at least 4 members (excludes halogenated alkanes) is 18. The molecule has 0 rings (SSSR count). The molecule has 23 heavy (non-hydrogen) atoms. The van der Waals surface area contributed by atoms with Crippen LogP contribution in [0, 0.1) is 12.3 Å². The van der Waals surface area contributed by atoms with E-state index >= 15 is 0 Å². The molecule has 0 saturated heterocycles. The molecule has 1 heteroatoms. The van der Waals surface area contributed by atoms with Crippen LogP contribution in [-0.2, 0) is 0 Å². The summed E-state index contributed by atoms with van der Waals surface area (Å²) in [6.07, 6.45) is 30.7. The zero-order chi connectivity index (χ0) is 16.8. The summed E-state index contributed by atoms with van der Waals surface area (Å²) in [6, 6.07) is 0. The lowest BCUT2D eigenvalue weighted by Crippen LogP contribution is -1.85. The van der Waals surface area contributed by atoms with Gasteiger partial charge >= 0.3 is 0 Å². The third-order valence-corrected chi connectivity index (χ3v) is 4.73. The Morgan fingerprint density at radius 1 is 0.435 bits per heavy atom. The lowest BCUT2D eigenvalue weighted by Gasteiger charge is -2.03. The molecule has 0 bridgehead atoms. The largest absolute Gasteiger partial charge is 0.396 e. The Balaban J connectivity index is 2.94.